The van der Waals surface area contributed by atoms with Gasteiger partial charge in [0, 0.05) is 17.2 Å². The molecule has 0 unspecified atom stereocenters. The van der Waals surface area contributed by atoms with Crippen molar-refractivity contribution in [2.45, 2.75) is 0 Å². The van der Waals surface area contributed by atoms with E-state index in [0.717, 1.165) is 0 Å². The van der Waals surface area contributed by atoms with Crippen molar-refractivity contribution in [2.75, 3.05) is 28.4 Å². The normalized spacial score (nSPS) is 15.3. The summed E-state index contributed by atoms with van der Waals surface area (Å²) in [5.74, 6) is 3.55. The number of Topliss-reactive ketones (excluding diaryl/α,β-unsaturated/α-hetero) is 1. The molecule has 0 saturated carbocycles. The largest absolute Gasteiger partial charge is 0.506 e. The molecule has 5 aromatic rings. The Balaban J connectivity index is 1.31. The zero-order valence-electron chi connectivity index (χ0n) is 29.6. The third-order valence-corrected chi connectivity index (χ3v) is 9.53. The maximum Gasteiger partial charge on any atom is 0.362 e. The molecule has 270 valence electrons. The molecule has 0 amide bonds. The van der Waals surface area contributed by atoms with E-state index < -0.39 is 0 Å². The van der Waals surface area contributed by atoms with E-state index in [1.54, 1.807) is 101 Å². The number of halogens is 2. The minimum Gasteiger partial charge on any atom is -0.506 e. The number of carbonyl (C=O) groups is 1. The Bertz CT molecular complexity index is 2470. The molecular formula is C44H33Cl2O8+. The summed E-state index contributed by atoms with van der Waals surface area (Å²) in [4.78, 5) is 13.7. The third-order valence-electron chi connectivity index (χ3n) is 8.87. The first kappa shape index (κ1) is 36.2. The smallest absolute Gasteiger partial charge is 0.362 e. The number of benzene rings is 4. The molecule has 0 atom stereocenters. The number of ether oxygens (including phenoxy) is 5. The molecule has 2 heterocycles. The molecule has 1 aliphatic carbocycles. The van der Waals surface area contributed by atoms with Gasteiger partial charge in [0.15, 0.2) is 23.0 Å². The van der Waals surface area contributed by atoms with Gasteiger partial charge >= 0.3 is 11.5 Å². The molecule has 54 heavy (non-hydrogen) atoms. The summed E-state index contributed by atoms with van der Waals surface area (Å²) >= 11 is 13.2. The van der Waals surface area contributed by atoms with Gasteiger partial charge in [0.05, 0.1) is 72.9 Å². The Morgan fingerprint density at radius 1 is 0.630 bits per heavy atom. The summed E-state index contributed by atoms with van der Waals surface area (Å²) < 4.78 is 34.6. The van der Waals surface area contributed by atoms with E-state index in [1.807, 2.05) is 48.5 Å². The van der Waals surface area contributed by atoms with Crippen LogP contribution in [0.25, 0.3) is 40.2 Å². The maximum absolute atomic E-state index is 13.7. The van der Waals surface area contributed by atoms with Crippen LogP contribution in [0.3, 0.4) is 0 Å². The van der Waals surface area contributed by atoms with Crippen LogP contribution in [-0.4, -0.2) is 39.3 Å². The van der Waals surface area contributed by atoms with E-state index in [2.05, 4.69) is 0 Å². The Morgan fingerprint density at radius 2 is 1.19 bits per heavy atom. The Hall–Kier alpha value is -6.22. The highest BCUT2D eigenvalue weighted by Gasteiger charge is 2.33. The molecule has 1 aliphatic heterocycles. The average Bonchev–Trinajstić information content (AvgIpc) is 3.21. The van der Waals surface area contributed by atoms with Gasteiger partial charge in [-0.2, -0.15) is 0 Å². The zero-order valence-corrected chi connectivity index (χ0v) is 31.1. The van der Waals surface area contributed by atoms with E-state index >= 15 is 0 Å². The fourth-order valence-electron chi connectivity index (χ4n) is 6.11. The van der Waals surface area contributed by atoms with Crippen molar-refractivity contribution in [3.05, 3.63) is 165 Å². The van der Waals surface area contributed by atoms with Gasteiger partial charge in [0.2, 0.25) is 5.78 Å². The molecule has 0 fully saturated rings. The standard InChI is InChI=1S/C44H32Cl2O8/c1-49-35-15-13-27(23-41(35)51-3)37-19-25(21-39(53-37)29-9-5-7-11-33(29)45)17-31-43(47)32(44(31)48)18-26-20-38(28-14-16-36(50-2)42(24-28)52-4)54-40(22-26)30-10-6-8-12-34(30)46/h5-24H,1-4H3/p+1. The Morgan fingerprint density at radius 3 is 1.80 bits per heavy atom. The van der Waals surface area contributed by atoms with Gasteiger partial charge in [0.1, 0.15) is 17.3 Å². The average molecular weight is 761 g/mol. The fourth-order valence-corrected chi connectivity index (χ4v) is 6.56. The van der Waals surface area contributed by atoms with Gasteiger partial charge in [-0.05, 0) is 90.0 Å². The van der Waals surface area contributed by atoms with Crippen molar-refractivity contribution in [2.24, 2.45) is 0 Å². The van der Waals surface area contributed by atoms with Crippen LogP contribution in [0.1, 0.15) is 16.7 Å². The molecular weight excluding hydrogens is 727 g/mol. The molecule has 1 aromatic heterocycles. The molecule has 0 bridgehead atoms. The van der Waals surface area contributed by atoms with Crippen LogP contribution in [0.15, 0.2) is 142 Å². The second-order valence-electron chi connectivity index (χ2n) is 12.1. The molecule has 0 saturated heterocycles. The number of hydrogen-bond donors (Lipinski definition) is 1. The summed E-state index contributed by atoms with van der Waals surface area (Å²) in [6.45, 7) is 0. The second kappa shape index (κ2) is 15.4. The van der Waals surface area contributed by atoms with Gasteiger partial charge < -0.3 is 28.8 Å². The zero-order chi connectivity index (χ0) is 37.9. The van der Waals surface area contributed by atoms with Crippen LogP contribution in [-0.2, 0) is 9.53 Å². The number of methoxy groups -OCH3 is 4. The summed E-state index contributed by atoms with van der Waals surface area (Å²) in [5, 5.41) is 12.3. The molecule has 10 heteroatoms. The molecule has 1 N–H and O–H groups in total. The maximum atomic E-state index is 13.7. The van der Waals surface area contributed by atoms with E-state index in [0.29, 0.717) is 89.5 Å². The first-order valence-corrected chi connectivity index (χ1v) is 17.4. The lowest BCUT2D eigenvalue weighted by Gasteiger charge is -2.22. The molecule has 8 nitrogen and oxygen atoms in total. The highest BCUT2D eigenvalue weighted by molar-refractivity contribution is 6.33. The van der Waals surface area contributed by atoms with Gasteiger partial charge in [-0.3, -0.25) is 4.79 Å². The predicted molar refractivity (Wildman–Crippen MR) is 211 cm³/mol. The lowest BCUT2D eigenvalue weighted by molar-refractivity contribution is -0.113. The number of allylic oxidation sites excluding steroid dienone is 6. The van der Waals surface area contributed by atoms with Crippen LogP contribution >= 0.6 is 23.2 Å². The lowest BCUT2D eigenvalue weighted by atomic mass is 9.85. The number of ketones is 1. The summed E-state index contributed by atoms with van der Waals surface area (Å²) in [6.07, 6.45) is 6.80. The predicted octanol–water partition coefficient (Wildman–Crippen LogP) is 11.1. The van der Waals surface area contributed by atoms with Crippen molar-refractivity contribution in [3.8, 4) is 45.6 Å². The van der Waals surface area contributed by atoms with Gasteiger partial charge in [0.25, 0.3) is 0 Å². The van der Waals surface area contributed by atoms with E-state index in [4.69, 9.17) is 51.3 Å². The quantitative estimate of drug-likeness (QED) is 0.111. The van der Waals surface area contributed by atoms with E-state index in [-0.39, 0.29) is 22.7 Å². The first-order chi connectivity index (χ1) is 26.2. The second-order valence-corrected chi connectivity index (χ2v) is 12.9. The molecule has 4 aromatic carbocycles. The molecule has 0 spiro atoms. The summed E-state index contributed by atoms with van der Waals surface area (Å²) in [6, 6.07) is 29.0. The lowest BCUT2D eigenvalue weighted by Crippen LogP contribution is -2.21. The van der Waals surface area contributed by atoms with Crippen LogP contribution in [0.4, 0.5) is 0 Å². The van der Waals surface area contributed by atoms with Crippen molar-refractivity contribution >= 4 is 46.6 Å². The number of aliphatic hydroxyl groups is 1. The van der Waals surface area contributed by atoms with Crippen molar-refractivity contribution < 1.29 is 38.0 Å². The Labute approximate surface area is 322 Å². The van der Waals surface area contributed by atoms with E-state index in [1.165, 1.54) is 0 Å². The van der Waals surface area contributed by atoms with Crippen molar-refractivity contribution in [1.29, 1.82) is 0 Å². The first-order valence-electron chi connectivity index (χ1n) is 16.7. The SMILES string of the molecule is COc1ccc(C2=CC(=CC3=C(O)C(=Cc4cc(-c5ccc(OC)c(OC)c5)[o+]c(-c5ccccc5Cl)c4)C3=O)C=C(c3ccccc3Cl)O2)cc1OC. The molecule has 7 rings (SSSR count). The minimum atomic E-state index is -0.340. The number of carbonyl (C=O) groups excluding carboxylic acids is 1. The fraction of sp³-hybridized carbons (Fsp3) is 0.0909. The number of rotatable bonds is 10. The monoisotopic (exact) mass is 759 g/mol. The van der Waals surface area contributed by atoms with Crippen LogP contribution in [0.2, 0.25) is 10.0 Å². The number of hydrogen-bond acceptors (Lipinski definition) is 7. The highest BCUT2D eigenvalue weighted by atomic mass is 35.5. The topological polar surface area (TPSA) is 94.8 Å². The molecule has 2 aliphatic rings. The van der Waals surface area contributed by atoms with Gasteiger partial charge in [-0.15, -0.1) is 0 Å². The Kier molecular flexibility index (Phi) is 10.3. The van der Waals surface area contributed by atoms with Crippen molar-refractivity contribution in [1.82, 2.24) is 0 Å². The number of aliphatic hydroxyl groups excluding tert-OH is 1. The highest BCUT2D eigenvalue weighted by Crippen LogP contribution is 2.41. The van der Waals surface area contributed by atoms with Gasteiger partial charge in [-0.1, -0.05) is 47.5 Å². The third kappa shape index (κ3) is 7.09. The van der Waals surface area contributed by atoms with Crippen LogP contribution < -0.4 is 18.9 Å². The van der Waals surface area contributed by atoms with Crippen LogP contribution in [0.5, 0.6) is 23.0 Å². The summed E-state index contributed by atoms with van der Waals surface area (Å²) in [5.41, 5.74) is 4.20. The van der Waals surface area contributed by atoms with Crippen LogP contribution in [0, 0.1) is 0 Å². The van der Waals surface area contributed by atoms with E-state index in [9.17, 15) is 9.90 Å². The van der Waals surface area contributed by atoms with Crippen molar-refractivity contribution in [3.63, 3.8) is 0 Å². The minimum absolute atomic E-state index is 0.142. The summed E-state index contributed by atoms with van der Waals surface area (Å²) in [7, 11) is 6.24. The van der Waals surface area contributed by atoms with Gasteiger partial charge in [-0.25, -0.2) is 4.42 Å². The molecule has 0 radical (unpaired) electrons.